The number of aromatic nitrogens is 6. The van der Waals surface area contributed by atoms with Gasteiger partial charge in [0.05, 0.1) is 22.9 Å². The molecule has 0 fully saturated rings. The third kappa shape index (κ3) is 4.37. The molecule has 4 aromatic heterocycles. The topological polar surface area (TPSA) is 116 Å². The highest BCUT2D eigenvalue weighted by molar-refractivity contribution is 5.83. The van der Waals surface area contributed by atoms with Crippen molar-refractivity contribution in [1.29, 1.82) is 0 Å². The highest BCUT2D eigenvalue weighted by Crippen LogP contribution is 2.36. The van der Waals surface area contributed by atoms with Crippen molar-refractivity contribution in [1.82, 2.24) is 29.1 Å². The molecule has 0 saturated heterocycles. The lowest BCUT2D eigenvalue weighted by atomic mass is 10.1. The molecule has 5 aromatic rings. The summed E-state index contributed by atoms with van der Waals surface area (Å²) in [4.78, 5) is 25.5. The zero-order valence-electron chi connectivity index (χ0n) is 19.7. The fourth-order valence-electron chi connectivity index (χ4n) is 4.13. The van der Waals surface area contributed by atoms with E-state index in [9.17, 15) is 18.0 Å². The van der Waals surface area contributed by atoms with Gasteiger partial charge in [0, 0.05) is 24.2 Å². The van der Waals surface area contributed by atoms with E-state index in [1.54, 1.807) is 31.3 Å². The number of aryl methyl sites for hydroxylation is 1. The van der Waals surface area contributed by atoms with Gasteiger partial charge in [-0.3, -0.25) is 14.3 Å². The van der Waals surface area contributed by atoms with Crippen LogP contribution in [0, 0.1) is 6.92 Å². The molecule has 1 aromatic carbocycles. The number of hydrogen-bond donors (Lipinski definition) is 2. The summed E-state index contributed by atoms with van der Waals surface area (Å²) in [6, 6.07) is 11.1. The normalized spacial score (nSPS) is 12.6. The number of anilines is 2. The SMILES string of the molecule is Cc1ccn2nc([C@H](C)Nc3ncnc(N)c3-c3cncc(C(F)(F)F)c3)n(-c3ccccc3)c(=O)c12. The molecule has 0 aliphatic heterocycles. The average molecular weight is 506 g/mol. The Morgan fingerprint density at radius 3 is 2.57 bits per heavy atom. The van der Waals surface area contributed by atoms with Crippen LogP contribution in [0.3, 0.4) is 0 Å². The van der Waals surface area contributed by atoms with Crippen molar-refractivity contribution < 1.29 is 13.2 Å². The quantitative estimate of drug-likeness (QED) is 0.363. The van der Waals surface area contributed by atoms with Crippen molar-refractivity contribution in [2.24, 2.45) is 0 Å². The van der Waals surface area contributed by atoms with Crippen LogP contribution in [0.25, 0.3) is 22.3 Å². The van der Waals surface area contributed by atoms with E-state index in [0.29, 0.717) is 17.0 Å². The Kier molecular flexibility index (Phi) is 5.86. The second-order valence-corrected chi connectivity index (χ2v) is 8.43. The minimum absolute atomic E-state index is 0.0317. The average Bonchev–Trinajstić information content (AvgIpc) is 3.25. The molecule has 0 amide bonds. The van der Waals surface area contributed by atoms with Gasteiger partial charge in [0.1, 0.15) is 23.5 Å². The largest absolute Gasteiger partial charge is 0.417 e. The third-order valence-corrected chi connectivity index (χ3v) is 5.90. The van der Waals surface area contributed by atoms with Gasteiger partial charge in [0.25, 0.3) is 5.56 Å². The summed E-state index contributed by atoms with van der Waals surface area (Å²) in [6.45, 7) is 3.59. The van der Waals surface area contributed by atoms with E-state index >= 15 is 0 Å². The lowest BCUT2D eigenvalue weighted by Crippen LogP contribution is -2.29. The first-order chi connectivity index (χ1) is 17.6. The molecule has 0 aliphatic rings. The zero-order valence-corrected chi connectivity index (χ0v) is 19.7. The predicted molar refractivity (Wildman–Crippen MR) is 132 cm³/mol. The summed E-state index contributed by atoms with van der Waals surface area (Å²) < 4.78 is 43.0. The summed E-state index contributed by atoms with van der Waals surface area (Å²) in [5.74, 6) is 0.485. The molecule has 12 heteroatoms. The Hall–Kier alpha value is -4.74. The molecule has 0 saturated carbocycles. The summed E-state index contributed by atoms with van der Waals surface area (Å²) in [5, 5.41) is 7.84. The number of hydrogen-bond acceptors (Lipinski definition) is 7. The fraction of sp³-hybridized carbons (Fsp3) is 0.160. The number of fused-ring (bicyclic) bond motifs is 1. The van der Waals surface area contributed by atoms with Crippen LogP contribution < -0.4 is 16.6 Å². The lowest BCUT2D eigenvalue weighted by Gasteiger charge is -2.21. The number of pyridine rings is 1. The summed E-state index contributed by atoms with van der Waals surface area (Å²) in [7, 11) is 0. The molecule has 188 valence electrons. The monoisotopic (exact) mass is 506 g/mol. The van der Waals surface area contributed by atoms with E-state index in [1.165, 1.54) is 21.6 Å². The van der Waals surface area contributed by atoms with E-state index in [2.05, 4.69) is 25.4 Å². The molecule has 5 rings (SSSR count). The van der Waals surface area contributed by atoms with Crippen molar-refractivity contribution in [3.05, 3.63) is 94.7 Å². The Morgan fingerprint density at radius 2 is 1.84 bits per heavy atom. The molecule has 37 heavy (non-hydrogen) atoms. The second kappa shape index (κ2) is 9.04. The van der Waals surface area contributed by atoms with Gasteiger partial charge < -0.3 is 11.1 Å². The third-order valence-electron chi connectivity index (χ3n) is 5.90. The minimum Gasteiger partial charge on any atom is -0.383 e. The van der Waals surface area contributed by atoms with Crippen molar-refractivity contribution in [2.75, 3.05) is 11.1 Å². The lowest BCUT2D eigenvalue weighted by molar-refractivity contribution is -0.137. The molecule has 1 atom stereocenters. The Labute approximate surface area is 208 Å². The van der Waals surface area contributed by atoms with Crippen LogP contribution >= 0.6 is 0 Å². The minimum atomic E-state index is -4.59. The molecule has 3 N–H and O–H groups in total. The van der Waals surface area contributed by atoms with E-state index in [1.807, 2.05) is 25.1 Å². The molecule has 9 nitrogen and oxygen atoms in total. The molecular formula is C25H21F3N8O. The van der Waals surface area contributed by atoms with Crippen molar-refractivity contribution >= 4 is 17.2 Å². The number of alkyl halides is 3. The molecule has 0 radical (unpaired) electrons. The van der Waals surface area contributed by atoms with E-state index in [0.717, 1.165) is 17.8 Å². The first-order valence-corrected chi connectivity index (χ1v) is 11.2. The van der Waals surface area contributed by atoms with Gasteiger partial charge in [-0.05, 0) is 43.7 Å². The molecule has 4 heterocycles. The molecule has 0 spiro atoms. The van der Waals surface area contributed by atoms with Gasteiger partial charge >= 0.3 is 6.18 Å². The van der Waals surface area contributed by atoms with Crippen molar-refractivity contribution in [2.45, 2.75) is 26.1 Å². The van der Waals surface area contributed by atoms with Gasteiger partial charge in [-0.15, -0.1) is 0 Å². The maximum Gasteiger partial charge on any atom is 0.417 e. The highest BCUT2D eigenvalue weighted by Gasteiger charge is 2.32. The second-order valence-electron chi connectivity index (χ2n) is 8.43. The maximum absolute atomic E-state index is 13.6. The van der Waals surface area contributed by atoms with E-state index < -0.39 is 17.8 Å². The van der Waals surface area contributed by atoms with E-state index in [-0.39, 0.29) is 28.3 Å². The van der Waals surface area contributed by atoms with Gasteiger partial charge in [-0.25, -0.2) is 14.5 Å². The predicted octanol–water partition coefficient (Wildman–Crippen LogP) is 4.42. The first kappa shape index (κ1) is 24.0. The van der Waals surface area contributed by atoms with Crippen LogP contribution in [0.15, 0.2) is 72.2 Å². The standard InChI is InChI=1S/C25H21F3N8O/c1-14-8-9-35-20(14)24(37)36(18-6-4-3-5-7-18)23(34-35)15(2)33-22-19(21(29)31-13-32-22)16-10-17(12-30-11-16)25(26,27)28/h3-13,15H,1-2H3,(H3,29,31,32,33)/t15-/m0/s1. The number of rotatable bonds is 5. The van der Waals surface area contributed by atoms with Crippen LogP contribution in [-0.2, 0) is 6.18 Å². The number of nitrogens with zero attached hydrogens (tertiary/aromatic N) is 6. The summed E-state index contributed by atoms with van der Waals surface area (Å²) in [5.41, 5.74) is 6.93. The van der Waals surface area contributed by atoms with Crippen LogP contribution in [0.5, 0.6) is 0 Å². The number of nitrogen functional groups attached to an aromatic ring is 1. The smallest absolute Gasteiger partial charge is 0.383 e. The molecule has 0 unspecified atom stereocenters. The van der Waals surface area contributed by atoms with Gasteiger partial charge in [-0.2, -0.15) is 18.3 Å². The van der Waals surface area contributed by atoms with Crippen LogP contribution in [0.2, 0.25) is 0 Å². The highest BCUT2D eigenvalue weighted by atomic mass is 19.4. The number of nitrogens with two attached hydrogens (primary N) is 1. The summed E-state index contributed by atoms with van der Waals surface area (Å²) >= 11 is 0. The van der Waals surface area contributed by atoms with Gasteiger partial charge in [0.2, 0.25) is 0 Å². The summed E-state index contributed by atoms with van der Waals surface area (Å²) in [6.07, 6.45) is 0.294. The Balaban J connectivity index is 1.64. The molecule has 0 aliphatic carbocycles. The fourth-order valence-corrected chi connectivity index (χ4v) is 4.13. The number of nitrogens with one attached hydrogen (secondary N) is 1. The van der Waals surface area contributed by atoms with Crippen molar-refractivity contribution in [3.8, 4) is 16.8 Å². The molecular weight excluding hydrogens is 485 g/mol. The number of benzene rings is 1. The number of para-hydroxylation sites is 1. The maximum atomic E-state index is 13.6. The Bertz CT molecular complexity index is 1660. The van der Waals surface area contributed by atoms with Crippen LogP contribution in [0.1, 0.15) is 29.9 Å². The van der Waals surface area contributed by atoms with Gasteiger partial charge in [0.15, 0.2) is 5.82 Å². The van der Waals surface area contributed by atoms with Crippen LogP contribution in [-0.4, -0.2) is 29.1 Å². The van der Waals surface area contributed by atoms with Crippen molar-refractivity contribution in [3.63, 3.8) is 0 Å². The van der Waals surface area contributed by atoms with E-state index in [4.69, 9.17) is 5.73 Å². The Morgan fingerprint density at radius 1 is 1.08 bits per heavy atom. The first-order valence-electron chi connectivity index (χ1n) is 11.2. The number of halogens is 3. The van der Waals surface area contributed by atoms with Gasteiger partial charge in [-0.1, -0.05) is 18.2 Å². The van der Waals surface area contributed by atoms with Crippen LogP contribution in [0.4, 0.5) is 24.8 Å². The molecule has 0 bridgehead atoms. The zero-order chi connectivity index (χ0) is 26.3.